The van der Waals surface area contributed by atoms with Gasteiger partial charge >= 0.3 is 0 Å². The molecule has 2 N–H and O–H groups in total. The summed E-state index contributed by atoms with van der Waals surface area (Å²) in [7, 11) is 1.65. The summed E-state index contributed by atoms with van der Waals surface area (Å²) in [5.74, 6) is 3.09. The van der Waals surface area contributed by atoms with Crippen molar-refractivity contribution >= 4 is 23.4 Å². The van der Waals surface area contributed by atoms with E-state index in [2.05, 4.69) is 25.8 Å². The van der Waals surface area contributed by atoms with E-state index < -0.39 is 0 Å². The van der Waals surface area contributed by atoms with Crippen LogP contribution >= 0.6 is 11.8 Å². The highest BCUT2D eigenvalue weighted by Gasteiger charge is 2.46. The van der Waals surface area contributed by atoms with Crippen molar-refractivity contribution in [3.63, 3.8) is 0 Å². The molecule has 0 bridgehead atoms. The first-order chi connectivity index (χ1) is 19.6. The van der Waals surface area contributed by atoms with Gasteiger partial charge in [0.1, 0.15) is 24.2 Å². The number of ether oxygens (including phenoxy) is 3. The van der Waals surface area contributed by atoms with Crippen molar-refractivity contribution in [1.29, 1.82) is 0 Å². The molecule has 2 saturated heterocycles. The topological polar surface area (TPSA) is 112 Å². The second kappa shape index (κ2) is 10.8. The standard InChI is InChI=1S/C29H35N7O3S/c1-37-18-38-16-19-11-20-17-39-26-23(4-8-32-28(26)36(20)15-19)40-25-14-33-24(13-34-25)35-9-5-29(6-10-35)12-22-21(27(29)30)3-2-7-31-22/h2-4,7-8,13-14,19-20,27H,5-6,9-12,15-18,30H2,1H3/t19?,20-,27+/m0/s1. The Morgan fingerprint density at radius 2 is 2.02 bits per heavy atom. The highest BCUT2D eigenvalue weighted by molar-refractivity contribution is 7.99. The van der Waals surface area contributed by atoms with Crippen molar-refractivity contribution in [2.75, 3.05) is 56.6 Å². The van der Waals surface area contributed by atoms with Crippen LogP contribution in [0.3, 0.4) is 0 Å². The van der Waals surface area contributed by atoms with E-state index in [1.807, 2.05) is 36.9 Å². The van der Waals surface area contributed by atoms with E-state index >= 15 is 0 Å². The van der Waals surface area contributed by atoms with Crippen LogP contribution in [0, 0.1) is 11.3 Å². The number of nitrogens with zero attached hydrogens (tertiary/aromatic N) is 6. The lowest BCUT2D eigenvalue weighted by Gasteiger charge is -2.42. The Morgan fingerprint density at radius 1 is 1.12 bits per heavy atom. The molecular formula is C29H35N7O3S. The number of rotatable bonds is 7. The first-order valence-corrected chi connectivity index (χ1v) is 14.8. The fourth-order valence-electron chi connectivity index (χ4n) is 6.83. The molecule has 10 nitrogen and oxygen atoms in total. The first-order valence-electron chi connectivity index (χ1n) is 14.0. The van der Waals surface area contributed by atoms with Crippen LogP contribution in [0.5, 0.6) is 5.75 Å². The third-order valence-corrected chi connectivity index (χ3v) is 9.91. The number of hydrogen-bond donors (Lipinski definition) is 1. The Bertz CT molecular complexity index is 1350. The van der Waals surface area contributed by atoms with Gasteiger partial charge in [-0.1, -0.05) is 17.8 Å². The smallest absolute Gasteiger partial charge is 0.175 e. The second-order valence-corrected chi connectivity index (χ2v) is 12.4. The molecule has 1 unspecified atom stereocenters. The lowest BCUT2D eigenvalue weighted by Crippen LogP contribution is -2.44. The van der Waals surface area contributed by atoms with Crippen LogP contribution in [0.15, 0.2) is 52.9 Å². The fraction of sp³-hybridized carbons (Fsp3) is 0.517. The summed E-state index contributed by atoms with van der Waals surface area (Å²) in [4.78, 5) is 24.5. The molecule has 11 heteroatoms. The molecule has 210 valence electrons. The molecule has 4 aliphatic rings. The van der Waals surface area contributed by atoms with Crippen molar-refractivity contribution in [2.45, 2.75) is 47.7 Å². The minimum absolute atomic E-state index is 0.0578. The molecule has 1 aliphatic carbocycles. The van der Waals surface area contributed by atoms with E-state index in [9.17, 15) is 0 Å². The number of fused-ring (bicyclic) bond motifs is 4. The van der Waals surface area contributed by atoms with Gasteiger partial charge in [0.05, 0.1) is 29.9 Å². The van der Waals surface area contributed by atoms with E-state index in [1.165, 1.54) is 11.3 Å². The fourth-order valence-corrected chi connectivity index (χ4v) is 7.64. The third-order valence-electron chi connectivity index (χ3n) is 8.95. The highest BCUT2D eigenvalue weighted by Crippen LogP contribution is 2.50. The predicted molar refractivity (Wildman–Crippen MR) is 152 cm³/mol. The van der Waals surface area contributed by atoms with Crippen molar-refractivity contribution in [2.24, 2.45) is 17.1 Å². The average molecular weight is 562 g/mol. The number of nitrogens with two attached hydrogens (primary N) is 1. The molecule has 3 atom stereocenters. The zero-order chi connectivity index (χ0) is 27.1. The van der Waals surface area contributed by atoms with Crippen LogP contribution in [-0.4, -0.2) is 72.7 Å². The molecule has 0 saturated carbocycles. The van der Waals surface area contributed by atoms with Crippen molar-refractivity contribution in [3.05, 3.63) is 54.2 Å². The lowest BCUT2D eigenvalue weighted by atomic mass is 9.73. The van der Waals surface area contributed by atoms with Crippen LogP contribution in [0.1, 0.15) is 36.6 Å². The molecule has 0 aromatic carbocycles. The van der Waals surface area contributed by atoms with Gasteiger partial charge in [0.2, 0.25) is 0 Å². The van der Waals surface area contributed by atoms with E-state index in [0.717, 1.165) is 72.6 Å². The number of aromatic nitrogens is 4. The van der Waals surface area contributed by atoms with E-state index in [4.69, 9.17) is 29.9 Å². The van der Waals surface area contributed by atoms with Gasteiger partial charge in [0.15, 0.2) is 11.6 Å². The van der Waals surface area contributed by atoms with Gasteiger partial charge in [0, 0.05) is 56.8 Å². The maximum absolute atomic E-state index is 6.72. The van der Waals surface area contributed by atoms with Crippen molar-refractivity contribution in [3.8, 4) is 5.75 Å². The molecule has 0 radical (unpaired) electrons. The molecule has 0 amide bonds. The van der Waals surface area contributed by atoms with Crippen LogP contribution in [0.2, 0.25) is 0 Å². The molecule has 40 heavy (non-hydrogen) atoms. The Morgan fingerprint density at radius 3 is 2.83 bits per heavy atom. The van der Waals surface area contributed by atoms with Crippen molar-refractivity contribution < 1.29 is 14.2 Å². The number of hydrogen-bond acceptors (Lipinski definition) is 11. The monoisotopic (exact) mass is 561 g/mol. The molecule has 7 rings (SSSR count). The van der Waals surface area contributed by atoms with Crippen LogP contribution < -0.4 is 20.3 Å². The first kappa shape index (κ1) is 25.9. The summed E-state index contributed by atoms with van der Waals surface area (Å²) in [5, 5.41) is 0.836. The van der Waals surface area contributed by atoms with Gasteiger partial charge in [-0.25, -0.2) is 15.0 Å². The Labute approximate surface area is 238 Å². The summed E-state index contributed by atoms with van der Waals surface area (Å²) in [6, 6.07) is 6.51. The summed E-state index contributed by atoms with van der Waals surface area (Å²) in [5.41, 5.74) is 9.21. The second-order valence-electron chi connectivity index (χ2n) is 11.3. The average Bonchev–Trinajstić information content (AvgIpc) is 3.53. The summed E-state index contributed by atoms with van der Waals surface area (Å²) in [6.45, 7) is 4.41. The SMILES string of the molecule is COCOCC1C[C@H]2COc3c(Sc4cnc(N5CCC6(CC5)Cc5ncccc5[C@H]6N)cn4)ccnc3N2C1. The predicted octanol–water partition coefficient (Wildman–Crippen LogP) is 3.47. The van der Waals surface area contributed by atoms with E-state index in [1.54, 1.807) is 18.9 Å². The quantitative estimate of drug-likeness (QED) is 0.338. The Kier molecular flexibility index (Phi) is 6.99. The number of methoxy groups -OCH3 is 1. The molecule has 3 aromatic rings. The van der Waals surface area contributed by atoms with Gasteiger partial charge in [-0.2, -0.15) is 0 Å². The number of piperidine rings is 1. The van der Waals surface area contributed by atoms with Gasteiger partial charge in [-0.3, -0.25) is 4.98 Å². The Hall–Kier alpha value is -2.99. The highest BCUT2D eigenvalue weighted by atomic mass is 32.2. The van der Waals surface area contributed by atoms with Gasteiger partial charge in [-0.05, 0) is 48.8 Å². The Balaban J connectivity index is 0.994. The van der Waals surface area contributed by atoms with Gasteiger partial charge < -0.3 is 29.7 Å². The lowest BCUT2D eigenvalue weighted by molar-refractivity contribution is -0.0414. The summed E-state index contributed by atoms with van der Waals surface area (Å²) in [6.07, 6.45) is 11.5. The van der Waals surface area contributed by atoms with Crippen LogP contribution in [-0.2, 0) is 15.9 Å². The van der Waals surface area contributed by atoms with Crippen LogP contribution in [0.25, 0.3) is 0 Å². The molecule has 6 heterocycles. The van der Waals surface area contributed by atoms with E-state index in [-0.39, 0.29) is 11.5 Å². The molecule has 2 fully saturated rings. The molecular weight excluding hydrogens is 526 g/mol. The van der Waals surface area contributed by atoms with Gasteiger partial charge in [-0.15, -0.1) is 0 Å². The van der Waals surface area contributed by atoms with Gasteiger partial charge in [0.25, 0.3) is 0 Å². The number of pyridine rings is 2. The molecule has 3 aliphatic heterocycles. The largest absolute Gasteiger partial charge is 0.486 e. The van der Waals surface area contributed by atoms with E-state index in [0.29, 0.717) is 32.0 Å². The summed E-state index contributed by atoms with van der Waals surface area (Å²) < 4.78 is 16.9. The summed E-state index contributed by atoms with van der Waals surface area (Å²) >= 11 is 1.57. The molecule has 1 spiro atoms. The normalized spacial score (nSPS) is 24.5. The molecule has 3 aromatic heterocycles. The third kappa shape index (κ3) is 4.68. The van der Waals surface area contributed by atoms with Crippen molar-refractivity contribution in [1.82, 2.24) is 19.9 Å². The minimum Gasteiger partial charge on any atom is -0.486 e. The maximum atomic E-state index is 6.72. The maximum Gasteiger partial charge on any atom is 0.175 e. The minimum atomic E-state index is 0.0578. The zero-order valence-electron chi connectivity index (χ0n) is 22.7. The number of anilines is 2. The zero-order valence-corrected chi connectivity index (χ0v) is 23.6. The van der Waals surface area contributed by atoms with Crippen LogP contribution in [0.4, 0.5) is 11.6 Å².